The Hall–Kier alpha value is -3.86. The summed E-state index contributed by atoms with van der Waals surface area (Å²) in [6.07, 6.45) is -4.68. The Morgan fingerprint density at radius 3 is 2.45 bits per heavy atom. The van der Waals surface area contributed by atoms with Gasteiger partial charge in [0.25, 0.3) is 5.91 Å². The van der Waals surface area contributed by atoms with Gasteiger partial charge in [-0.25, -0.2) is 19.5 Å². The molecule has 0 fully saturated rings. The van der Waals surface area contributed by atoms with Crippen LogP contribution in [0.4, 0.5) is 17.6 Å². The number of amides is 1. The topological polar surface area (TPSA) is 72.2 Å². The maximum atomic E-state index is 13.6. The highest BCUT2D eigenvalue weighted by atomic mass is 32.1. The number of alkyl halides is 3. The van der Waals surface area contributed by atoms with Crippen LogP contribution in [-0.4, -0.2) is 26.4 Å². The second-order valence-corrected chi connectivity index (χ2v) is 7.69. The van der Waals surface area contributed by atoms with Crippen molar-refractivity contribution in [1.82, 2.24) is 20.2 Å². The van der Waals surface area contributed by atoms with Crippen molar-refractivity contribution in [3.05, 3.63) is 88.8 Å². The van der Waals surface area contributed by atoms with Gasteiger partial charge in [0.1, 0.15) is 11.5 Å². The molecule has 11 heteroatoms. The zero-order chi connectivity index (χ0) is 23.6. The van der Waals surface area contributed by atoms with Gasteiger partial charge in [-0.1, -0.05) is 42.5 Å². The number of nitrogens with zero attached hydrogens (tertiary/aromatic N) is 4. The first-order valence-corrected chi connectivity index (χ1v) is 10.4. The summed E-state index contributed by atoms with van der Waals surface area (Å²) >= 11 is 0.840. The smallest absolute Gasteiger partial charge is 0.266 e. The van der Waals surface area contributed by atoms with Gasteiger partial charge < -0.3 is 0 Å². The summed E-state index contributed by atoms with van der Waals surface area (Å²) in [5, 5.41) is 9.21. The van der Waals surface area contributed by atoms with Crippen LogP contribution in [0.15, 0.2) is 71.1 Å². The van der Waals surface area contributed by atoms with Crippen molar-refractivity contribution in [3.63, 3.8) is 0 Å². The van der Waals surface area contributed by atoms with E-state index in [4.69, 9.17) is 0 Å². The minimum absolute atomic E-state index is 0.115. The summed E-state index contributed by atoms with van der Waals surface area (Å²) < 4.78 is 54.6. The molecule has 0 saturated heterocycles. The maximum absolute atomic E-state index is 13.6. The fraction of sp³-hybridized carbons (Fsp3) is 0.0909. The molecule has 0 spiro atoms. The van der Waals surface area contributed by atoms with Gasteiger partial charge in [0.05, 0.1) is 11.4 Å². The number of rotatable bonds is 5. The van der Waals surface area contributed by atoms with E-state index in [-0.39, 0.29) is 16.5 Å². The molecule has 168 valence electrons. The van der Waals surface area contributed by atoms with Gasteiger partial charge >= 0.3 is 6.18 Å². The van der Waals surface area contributed by atoms with Crippen molar-refractivity contribution in [2.45, 2.75) is 13.1 Å². The molecular weight excluding hydrogens is 458 g/mol. The summed E-state index contributed by atoms with van der Waals surface area (Å²) in [6.45, 7) is 1.62. The SMILES string of the molecule is C/C(=N\NC(=O)c1csc(-n2nc(-c3ccccc3)cc2C(F)(F)F)n1)c1ccc(F)cc1. The minimum atomic E-state index is -4.68. The predicted octanol–water partition coefficient (Wildman–Crippen LogP) is 5.31. The van der Waals surface area contributed by atoms with Crippen molar-refractivity contribution in [3.8, 4) is 16.4 Å². The number of benzene rings is 2. The second-order valence-electron chi connectivity index (χ2n) is 6.85. The predicted molar refractivity (Wildman–Crippen MR) is 116 cm³/mol. The van der Waals surface area contributed by atoms with Crippen LogP contribution in [0.25, 0.3) is 16.4 Å². The lowest BCUT2D eigenvalue weighted by Crippen LogP contribution is -2.20. The molecule has 0 aliphatic rings. The molecule has 4 rings (SSSR count). The van der Waals surface area contributed by atoms with E-state index in [0.717, 1.165) is 17.4 Å². The van der Waals surface area contributed by atoms with Crippen LogP contribution < -0.4 is 5.43 Å². The lowest BCUT2D eigenvalue weighted by Gasteiger charge is -2.07. The normalized spacial score (nSPS) is 12.1. The summed E-state index contributed by atoms with van der Waals surface area (Å²) in [6, 6.07) is 14.9. The Kier molecular flexibility index (Phi) is 6.05. The van der Waals surface area contributed by atoms with Gasteiger partial charge in [0, 0.05) is 10.9 Å². The van der Waals surface area contributed by atoms with E-state index in [0.29, 0.717) is 21.5 Å². The third kappa shape index (κ3) is 4.98. The molecule has 2 heterocycles. The number of hydrogen-bond acceptors (Lipinski definition) is 5. The van der Waals surface area contributed by atoms with Crippen LogP contribution in [0.1, 0.15) is 28.7 Å². The second kappa shape index (κ2) is 8.94. The molecule has 1 amide bonds. The molecule has 0 aliphatic carbocycles. The fourth-order valence-electron chi connectivity index (χ4n) is 2.89. The fourth-order valence-corrected chi connectivity index (χ4v) is 3.66. The molecule has 0 bridgehead atoms. The van der Waals surface area contributed by atoms with E-state index in [1.165, 1.54) is 29.6 Å². The molecule has 0 radical (unpaired) electrons. The lowest BCUT2D eigenvalue weighted by molar-refractivity contribution is -0.142. The third-order valence-corrected chi connectivity index (χ3v) is 5.38. The van der Waals surface area contributed by atoms with E-state index in [1.54, 1.807) is 37.3 Å². The summed E-state index contributed by atoms with van der Waals surface area (Å²) in [5.41, 5.74) is 2.83. The third-order valence-electron chi connectivity index (χ3n) is 4.56. The molecule has 4 aromatic rings. The summed E-state index contributed by atoms with van der Waals surface area (Å²) in [7, 11) is 0. The highest BCUT2D eigenvalue weighted by molar-refractivity contribution is 7.12. The first-order chi connectivity index (χ1) is 15.7. The largest absolute Gasteiger partial charge is 0.433 e. The van der Waals surface area contributed by atoms with E-state index < -0.39 is 23.6 Å². The number of halogens is 4. The Labute approximate surface area is 189 Å². The van der Waals surface area contributed by atoms with Crippen LogP contribution in [0.3, 0.4) is 0 Å². The van der Waals surface area contributed by atoms with E-state index in [2.05, 4.69) is 20.6 Å². The quantitative estimate of drug-likeness (QED) is 0.243. The molecule has 2 aromatic carbocycles. The molecule has 0 unspecified atom stereocenters. The standard InChI is InChI=1S/C22H15F4N5OS/c1-13(14-7-9-16(23)10-8-14)28-29-20(32)18-12-33-21(27-18)31-19(22(24,25)26)11-17(30-31)15-5-3-2-4-6-15/h2-12H,1H3,(H,29,32)/b28-13+. The van der Waals surface area contributed by atoms with Gasteiger partial charge in [0.2, 0.25) is 5.13 Å². The average molecular weight is 473 g/mol. The number of hydrazone groups is 1. The Balaban J connectivity index is 1.59. The van der Waals surface area contributed by atoms with Gasteiger partial charge in [-0.15, -0.1) is 11.3 Å². The molecule has 2 aromatic heterocycles. The molecule has 0 saturated carbocycles. The zero-order valence-electron chi connectivity index (χ0n) is 17.0. The van der Waals surface area contributed by atoms with Crippen LogP contribution >= 0.6 is 11.3 Å². The molecule has 0 atom stereocenters. The van der Waals surface area contributed by atoms with Crippen LogP contribution in [0.2, 0.25) is 0 Å². The van der Waals surface area contributed by atoms with Gasteiger partial charge in [-0.3, -0.25) is 4.79 Å². The molecule has 6 nitrogen and oxygen atoms in total. The number of hydrogen-bond donors (Lipinski definition) is 1. The minimum Gasteiger partial charge on any atom is -0.266 e. The van der Waals surface area contributed by atoms with Gasteiger partial charge in [-0.05, 0) is 30.7 Å². The highest BCUT2D eigenvalue weighted by Gasteiger charge is 2.37. The Bertz CT molecular complexity index is 1310. The number of carbonyl (C=O) groups is 1. The van der Waals surface area contributed by atoms with Crippen molar-refractivity contribution < 1.29 is 22.4 Å². The molecule has 1 N–H and O–H groups in total. The molecule has 33 heavy (non-hydrogen) atoms. The Morgan fingerprint density at radius 1 is 1.09 bits per heavy atom. The van der Waals surface area contributed by atoms with E-state index in [9.17, 15) is 22.4 Å². The lowest BCUT2D eigenvalue weighted by atomic mass is 10.1. The van der Waals surface area contributed by atoms with Crippen LogP contribution in [0, 0.1) is 5.82 Å². The summed E-state index contributed by atoms with van der Waals surface area (Å²) in [4.78, 5) is 16.4. The van der Waals surface area contributed by atoms with Crippen molar-refractivity contribution in [1.29, 1.82) is 0 Å². The maximum Gasteiger partial charge on any atom is 0.433 e. The number of thiazole rings is 1. The van der Waals surface area contributed by atoms with E-state index >= 15 is 0 Å². The van der Waals surface area contributed by atoms with Crippen molar-refractivity contribution in [2.24, 2.45) is 5.10 Å². The van der Waals surface area contributed by atoms with Crippen molar-refractivity contribution >= 4 is 23.0 Å². The monoisotopic (exact) mass is 473 g/mol. The highest BCUT2D eigenvalue weighted by Crippen LogP contribution is 2.34. The summed E-state index contributed by atoms with van der Waals surface area (Å²) in [5.74, 6) is -1.11. The first-order valence-electron chi connectivity index (χ1n) is 9.51. The number of aromatic nitrogens is 3. The Morgan fingerprint density at radius 2 is 1.79 bits per heavy atom. The van der Waals surface area contributed by atoms with Gasteiger partial charge in [0.15, 0.2) is 5.69 Å². The van der Waals surface area contributed by atoms with Crippen molar-refractivity contribution in [2.75, 3.05) is 0 Å². The molecular formula is C22H15F4N5OS. The van der Waals surface area contributed by atoms with Crippen LogP contribution in [0.5, 0.6) is 0 Å². The average Bonchev–Trinajstić information content (AvgIpc) is 3.46. The van der Waals surface area contributed by atoms with Crippen LogP contribution in [-0.2, 0) is 6.18 Å². The first kappa shape index (κ1) is 22.3. The zero-order valence-corrected chi connectivity index (χ0v) is 17.8. The van der Waals surface area contributed by atoms with Gasteiger partial charge in [-0.2, -0.15) is 23.4 Å². The van der Waals surface area contributed by atoms with E-state index in [1.807, 2.05) is 0 Å². The number of carbonyl (C=O) groups excluding carboxylic acids is 1. The molecule has 0 aliphatic heterocycles. The number of nitrogens with one attached hydrogen (secondary N) is 1.